The molecule has 0 fully saturated rings. The SMILES string of the molecule is CN(CC(F)F)S(=O)(=O)c1cc(N)cc(Cl)c1F. The smallest absolute Gasteiger partial charge is 0.252 e. The molecular formula is C9H10ClF3N2O2S. The minimum atomic E-state index is -4.40. The Bertz CT molecular complexity index is 551. The van der Waals surface area contributed by atoms with E-state index in [9.17, 15) is 21.6 Å². The molecule has 0 spiro atoms. The highest BCUT2D eigenvalue weighted by Crippen LogP contribution is 2.27. The number of hydrogen-bond acceptors (Lipinski definition) is 3. The lowest BCUT2D eigenvalue weighted by atomic mass is 10.3. The van der Waals surface area contributed by atoms with E-state index in [-0.39, 0.29) is 5.69 Å². The molecule has 0 unspecified atom stereocenters. The van der Waals surface area contributed by atoms with Gasteiger partial charge in [0.1, 0.15) is 4.90 Å². The average Bonchev–Trinajstić information content (AvgIpc) is 2.22. The largest absolute Gasteiger partial charge is 0.399 e. The molecule has 0 atom stereocenters. The first-order chi connectivity index (χ1) is 8.16. The first-order valence-electron chi connectivity index (χ1n) is 4.65. The maximum Gasteiger partial charge on any atom is 0.252 e. The summed E-state index contributed by atoms with van der Waals surface area (Å²) < 4.78 is 61.9. The van der Waals surface area contributed by atoms with Crippen molar-refractivity contribution in [2.24, 2.45) is 0 Å². The summed E-state index contributed by atoms with van der Waals surface area (Å²) in [6.45, 7) is -1.05. The summed E-state index contributed by atoms with van der Waals surface area (Å²) in [4.78, 5) is -0.823. The molecule has 9 heteroatoms. The van der Waals surface area contributed by atoms with Gasteiger partial charge in [-0.25, -0.2) is 21.6 Å². The number of halogens is 4. The van der Waals surface area contributed by atoms with Gasteiger partial charge < -0.3 is 5.73 Å². The van der Waals surface area contributed by atoms with Crippen molar-refractivity contribution in [1.29, 1.82) is 0 Å². The second kappa shape index (κ2) is 5.33. The molecule has 0 aromatic heterocycles. The molecule has 0 aliphatic rings. The van der Waals surface area contributed by atoms with Gasteiger partial charge in [-0.3, -0.25) is 0 Å². The number of benzene rings is 1. The molecule has 0 saturated heterocycles. The summed E-state index contributed by atoms with van der Waals surface area (Å²) in [5, 5.41) is -0.487. The van der Waals surface area contributed by atoms with Gasteiger partial charge in [0.05, 0.1) is 11.6 Å². The van der Waals surface area contributed by atoms with Crippen molar-refractivity contribution < 1.29 is 21.6 Å². The van der Waals surface area contributed by atoms with E-state index < -0.39 is 38.7 Å². The first kappa shape index (κ1) is 15.1. The monoisotopic (exact) mass is 302 g/mol. The Labute approximate surface area is 107 Å². The predicted molar refractivity (Wildman–Crippen MR) is 61.6 cm³/mol. The van der Waals surface area contributed by atoms with E-state index in [1.54, 1.807) is 0 Å². The zero-order valence-corrected chi connectivity index (χ0v) is 10.8. The van der Waals surface area contributed by atoms with Crippen molar-refractivity contribution in [3.05, 3.63) is 23.0 Å². The molecule has 0 bridgehead atoms. The van der Waals surface area contributed by atoms with Crippen molar-refractivity contribution in [1.82, 2.24) is 4.31 Å². The third-order valence-electron chi connectivity index (χ3n) is 2.10. The molecule has 4 nitrogen and oxygen atoms in total. The maximum atomic E-state index is 13.6. The van der Waals surface area contributed by atoms with E-state index in [4.69, 9.17) is 17.3 Å². The van der Waals surface area contributed by atoms with Crippen LogP contribution in [0.25, 0.3) is 0 Å². The van der Waals surface area contributed by atoms with Crippen molar-refractivity contribution >= 4 is 27.3 Å². The Kier molecular flexibility index (Phi) is 4.46. The van der Waals surface area contributed by atoms with E-state index in [1.165, 1.54) is 0 Å². The Balaban J connectivity index is 3.29. The molecule has 102 valence electrons. The zero-order chi connectivity index (χ0) is 14.1. The van der Waals surface area contributed by atoms with Gasteiger partial charge in [-0.15, -0.1) is 0 Å². The lowest BCUT2D eigenvalue weighted by Gasteiger charge is -2.17. The second-order valence-electron chi connectivity index (χ2n) is 3.49. The Morgan fingerprint density at radius 1 is 1.44 bits per heavy atom. The van der Waals surface area contributed by atoms with Crippen LogP contribution >= 0.6 is 11.6 Å². The van der Waals surface area contributed by atoms with Gasteiger partial charge in [0, 0.05) is 12.7 Å². The molecule has 0 heterocycles. The van der Waals surface area contributed by atoms with E-state index in [0.29, 0.717) is 4.31 Å². The van der Waals surface area contributed by atoms with Gasteiger partial charge in [-0.05, 0) is 12.1 Å². The number of nitrogens with two attached hydrogens (primary N) is 1. The molecule has 0 aliphatic heterocycles. The van der Waals surface area contributed by atoms with Crippen LogP contribution < -0.4 is 5.73 Å². The topological polar surface area (TPSA) is 63.4 Å². The molecule has 1 aromatic carbocycles. The highest BCUT2D eigenvalue weighted by Gasteiger charge is 2.28. The van der Waals surface area contributed by atoms with Crippen molar-refractivity contribution in [2.45, 2.75) is 11.3 Å². The Morgan fingerprint density at radius 3 is 2.50 bits per heavy atom. The number of sulfonamides is 1. The molecule has 1 rings (SSSR count). The van der Waals surface area contributed by atoms with Crippen LogP contribution in [0.2, 0.25) is 5.02 Å². The molecular weight excluding hydrogens is 293 g/mol. The van der Waals surface area contributed by atoms with Crippen LogP contribution in [0.3, 0.4) is 0 Å². The highest BCUT2D eigenvalue weighted by atomic mass is 35.5. The summed E-state index contributed by atoms with van der Waals surface area (Å²) in [7, 11) is -3.48. The van der Waals surface area contributed by atoms with E-state index in [0.717, 1.165) is 19.2 Å². The van der Waals surface area contributed by atoms with E-state index >= 15 is 0 Å². The molecule has 0 saturated carbocycles. The average molecular weight is 303 g/mol. The number of anilines is 1. The molecule has 0 aliphatic carbocycles. The van der Waals surface area contributed by atoms with Crippen LogP contribution in [0.5, 0.6) is 0 Å². The van der Waals surface area contributed by atoms with Gasteiger partial charge in [-0.2, -0.15) is 4.31 Å². The third kappa shape index (κ3) is 3.06. The lowest BCUT2D eigenvalue weighted by Crippen LogP contribution is -2.32. The van der Waals surface area contributed by atoms with Crippen molar-refractivity contribution in [3.63, 3.8) is 0 Å². The number of rotatable bonds is 4. The van der Waals surface area contributed by atoms with Crippen LogP contribution in [0.1, 0.15) is 0 Å². The van der Waals surface area contributed by atoms with Gasteiger partial charge in [0.15, 0.2) is 5.82 Å². The molecule has 2 N–H and O–H groups in total. The quantitative estimate of drug-likeness (QED) is 0.865. The number of hydrogen-bond donors (Lipinski definition) is 1. The first-order valence-corrected chi connectivity index (χ1v) is 6.47. The number of alkyl halides is 2. The molecule has 0 radical (unpaired) electrons. The summed E-state index contributed by atoms with van der Waals surface area (Å²) in [5.74, 6) is -1.22. The lowest BCUT2D eigenvalue weighted by molar-refractivity contribution is 0.126. The Hall–Kier alpha value is -0.990. The zero-order valence-electron chi connectivity index (χ0n) is 9.20. The fourth-order valence-electron chi connectivity index (χ4n) is 1.23. The summed E-state index contributed by atoms with van der Waals surface area (Å²) in [6.07, 6.45) is -2.87. The molecule has 1 aromatic rings. The van der Waals surface area contributed by atoms with Crippen molar-refractivity contribution in [2.75, 3.05) is 19.3 Å². The van der Waals surface area contributed by atoms with Gasteiger partial charge in [0.25, 0.3) is 6.43 Å². The van der Waals surface area contributed by atoms with Crippen LogP contribution in [0.4, 0.5) is 18.9 Å². The third-order valence-corrected chi connectivity index (χ3v) is 4.20. The van der Waals surface area contributed by atoms with Gasteiger partial charge in [-0.1, -0.05) is 11.6 Å². The number of nitrogen functional groups attached to an aromatic ring is 1. The van der Waals surface area contributed by atoms with Gasteiger partial charge >= 0.3 is 0 Å². The Morgan fingerprint density at radius 2 is 2.00 bits per heavy atom. The summed E-state index contributed by atoms with van der Waals surface area (Å²) in [5.41, 5.74) is 5.27. The molecule has 0 amide bonds. The fraction of sp³-hybridized carbons (Fsp3) is 0.333. The highest BCUT2D eigenvalue weighted by molar-refractivity contribution is 7.89. The van der Waals surface area contributed by atoms with E-state index in [1.807, 2.05) is 0 Å². The fourth-order valence-corrected chi connectivity index (χ4v) is 2.78. The second-order valence-corrected chi connectivity index (χ2v) is 5.91. The van der Waals surface area contributed by atoms with Crippen LogP contribution in [0.15, 0.2) is 17.0 Å². The van der Waals surface area contributed by atoms with Crippen LogP contribution in [0, 0.1) is 5.82 Å². The maximum absolute atomic E-state index is 13.6. The number of nitrogens with zero attached hydrogens (tertiary/aromatic N) is 1. The van der Waals surface area contributed by atoms with Crippen molar-refractivity contribution in [3.8, 4) is 0 Å². The normalized spacial score (nSPS) is 12.4. The molecule has 18 heavy (non-hydrogen) atoms. The minimum Gasteiger partial charge on any atom is -0.399 e. The minimum absolute atomic E-state index is 0.0783. The van der Waals surface area contributed by atoms with E-state index in [2.05, 4.69) is 0 Å². The standard InChI is InChI=1S/C9H10ClF3N2O2S/c1-15(4-8(11)12)18(16,17)7-3-5(14)2-6(10)9(7)13/h2-3,8H,4,14H2,1H3. The summed E-state index contributed by atoms with van der Waals surface area (Å²) >= 11 is 5.45. The van der Waals surface area contributed by atoms with Gasteiger partial charge in [0.2, 0.25) is 10.0 Å². The van der Waals surface area contributed by atoms with Crippen LogP contribution in [-0.2, 0) is 10.0 Å². The predicted octanol–water partition coefficient (Wildman–Crippen LogP) is 1.95. The summed E-state index contributed by atoms with van der Waals surface area (Å²) in [6, 6.07) is 1.86. The van der Waals surface area contributed by atoms with Crippen LogP contribution in [-0.4, -0.2) is 32.7 Å².